The van der Waals surface area contributed by atoms with Crippen molar-refractivity contribution in [2.24, 2.45) is 5.73 Å². The van der Waals surface area contributed by atoms with Gasteiger partial charge >= 0.3 is 5.97 Å². The molecule has 0 unspecified atom stereocenters. The maximum Gasteiger partial charge on any atom is 0.335 e. The molecule has 0 atom stereocenters. The quantitative estimate of drug-likeness (QED) is 0.233. The maximum atomic E-state index is 14.1. The van der Waals surface area contributed by atoms with Crippen molar-refractivity contribution in [1.82, 2.24) is 14.5 Å². The first kappa shape index (κ1) is 31.3. The Balaban J connectivity index is 0.000000888. The highest BCUT2D eigenvalue weighted by Gasteiger charge is 2.23. The van der Waals surface area contributed by atoms with E-state index in [9.17, 15) is 23.1 Å². The highest BCUT2D eigenvalue weighted by Crippen LogP contribution is 2.27. The number of benzene rings is 3. The highest BCUT2D eigenvalue weighted by atomic mass is 19.3. The standard InChI is InChI=1S/C29H29F3N4O4.C3H6O/c30-23-13-19(28(31)32)5-7-26(23)39-16-18-2-1-3-22(12-18)40-21-8-10-35(11-9-21)15-27-34-24-6-4-20(29(37)38)14-25(24)36(27)17-33;1-2-4-3-1/h1-7,12-14,21,28H,8-11,15-17,33H2,(H,37,38);1-3H2. The molecule has 0 bridgehead atoms. The van der Waals surface area contributed by atoms with E-state index in [-0.39, 0.29) is 30.7 Å². The summed E-state index contributed by atoms with van der Waals surface area (Å²) < 4.78 is 57.9. The second kappa shape index (κ2) is 14.6. The SMILES string of the molecule is C1COC1.NCn1c(CN2CCC(Oc3cccc(COc4ccc(C(F)F)cc4F)c3)CC2)nc2ccc(C(=O)O)cc21. The minimum atomic E-state index is -2.74. The average Bonchev–Trinajstić information content (AvgIpc) is 3.33. The molecule has 4 aromatic rings. The average molecular weight is 613 g/mol. The number of ether oxygens (including phenoxy) is 3. The van der Waals surface area contributed by atoms with Crippen LogP contribution in [0.15, 0.2) is 60.7 Å². The van der Waals surface area contributed by atoms with Crippen molar-refractivity contribution in [3.05, 3.63) is 89.0 Å². The zero-order valence-corrected chi connectivity index (χ0v) is 24.1. The van der Waals surface area contributed by atoms with E-state index in [1.165, 1.54) is 18.6 Å². The number of alkyl halides is 2. The molecule has 0 saturated carbocycles. The predicted molar refractivity (Wildman–Crippen MR) is 157 cm³/mol. The lowest BCUT2D eigenvalue weighted by atomic mass is 10.1. The molecule has 2 fully saturated rings. The van der Waals surface area contributed by atoms with Gasteiger partial charge in [0.25, 0.3) is 6.43 Å². The lowest BCUT2D eigenvalue weighted by Crippen LogP contribution is -2.38. The molecule has 0 spiro atoms. The Morgan fingerprint density at radius 2 is 1.84 bits per heavy atom. The van der Waals surface area contributed by atoms with Crippen molar-refractivity contribution in [2.75, 3.05) is 26.3 Å². The van der Waals surface area contributed by atoms with Crippen LogP contribution in [-0.2, 0) is 24.6 Å². The van der Waals surface area contributed by atoms with Crippen LogP contribution < -0.4 is 15.2 Å². The van der Waals surface area contributed by atoms with E-state index in [1.807, 2.05) is 28.8 Å². The van der Waals surface area contributed by atoms with Gasteiger partial charge in [-0.2, -0.15) is 0 Å². The third-order valence-electron chi connectivity index (χ3n) is 7.54. The molecule has 0 radical (unpaired) electrons. The third-order valence-corrected chi connectivity index (χ3v) is 7.54. The van der Waals surface area contributed by atoms with Gasteiger partial charge in [0, 0.05) is 31.9 Å². The molecule has 234 valence electrons. The molecule has 44 heavy (non-hydrogen) atoms. The number of rotatable bonds is 10. The Morgan fingerprint density at radius 1 is 1.09 bits per heavy atom. The summed E-state index contributed by atoms with van der Waals surface area (Å²) in [6.07, 6.45) is 0.147. The molecular weight excluding hydrogens is 577 g/mol. The van der Waals surface area contributed by atoms with E-state index in [0.717, 1.165) is 62.7 Å². The van der Waals surface area contributed by atoms with Crippen molar-refractivity contribution >= 4 is 17.0 Å². The van der Waals surface area contributed by atoms with Crippen LogP contribution >= 0.6 is 0 Å². The lowest BCUT2D eigenvalue weighted by molar-refractivity contribution is 0.0367. The summed E-state index contributed by atoms with van der Waals surface area (Å²) in [4.78, 5) is 18.3. The van der Waals surface area contributed by atoms with Gasteiger partial charge in [-0.05, 0) is 73.4 Å². The fourth-order valence-corrected chi connectivity index (χ4v) is 4.99. The number of carboxylic acids is 1. The normalized spacial score (nSPS) is 15.5. The Kier molecular flexibility index (Phi) is 10.4. The Labute approximate surface area is 252 Å². The maximum absolute atomic E-state index is 14.1. The van der Waals surface area contributed by atoms with Crippen LogP contribution in [0.5, 0.6) is 11.5 Å². The number of carboxylic acid groups (broad SMARTS) is 1. The van der Waals surface area contributed by atoms with E-state index in [1.54, 1.807) is 12.1 Å². The minimum Gasteiger partial charge on any atom is -0.490 e. The molecule has 0 amide bonds. The number of nitrogens with two attached hydrogens (primary N) is 1. The summed E-state index contributed by atoms with van der Waals surface area (Å²) in [5, 5.41) is 9.31. The number of nitrogens with zero attached hydrogens (tertiary/aromatic N) is 3. The Hall–Kier alpha value is -4.13. The van der Waals surface area contributed by atoms with Crippen LogP contribution in [-0.4, -0.2) is 57.9 Å². The summed E-state index contributed by atoms with van der Waals surface area (Å²) >= 11 is 0. The van der Waals surface area contributed by atoms with E-state index in [2.05, 4.69) is 9.88 Å². The molecule has 6 rings (SSSR count). The van der Waals surface area contributed by atoms with Crippen LogP contribution in [0.1, 0.15) is 53.0 Å². The number of fused-ring (bicyclic) bond motifs is 1. The Bertz CT molecular complexity index is 1570. The van der Waals surface area contributed by atoms with E-state index in [0.29, 0.717) is 23.3 Å². The molecule has 3 N–H and O–H groups in total. The first-order valence-electron chi connectivity index (χ1n) is 14.5. The van der Waals surface area contributed by atoms with Crippen molar-refractivity contribution in [1.29, 1.82) is 0 Å². The summed E-state index contributed by atoms with van der Waals surface area (Å²) in [7, 11) is 0. The van der Waals surface area contributed by atoms with Gasteiger partial charge in [-0.15, -0.1) is 0 Å². The molecular formula is C32H35F3N4O5. The molecule has 1 aromatic heterocycles. The van der Waals surface area contributed by atoms with Gasteiger partial charge in [-0.1, -0.05) is 12.1 Å². The van der Waals surface area contributed by atoms with Crippen molar-refractivity contribution in [3.8, 4) is 11.5 Å². The zero-order valence-electron chi connectivity index (χ0n) is 24.1. The fourth-order valence-electron chi connectivity index (χ4n) is 4.99. The van der Waals surface area contributed by atoms with Gasteiger partial charge in [0.2, 0.25) is 0 Å². The van der Waals surface area contributed by atoms with Crippen LogP contribution in [0.25, 0.3) is 11.0 Å². The third kappa shape index (κ3) is 7.87. The van der Waals surface area contributed by atoms with Crippen molar-refractivity contribution < 1.29 is 37.3 Å². The summed E-state index contributed by atoms with van der Waals surface area (Å²) in [5.74, 6) is -0.457. The van der Waals surface area contributed by atoms with E-state index in [4.69, 9.17) is 19.9 Å². The van der Waals surface area contributed by atoms with Gasteiger partial charge in [0.05, 0.1) is 29.8 Å². The molecule has 2 aliphatic heterocycles. The van der Waals surface area contributed by atoms with E-state index >= 15 is 0 Å². The van der Waals surface area contributed by atoms with Crippen LogP contribution in [0.2, 0.25) is 0 Å². The van der Waals surface area contributed by atoms with Gasteiger partial charge < -0.3 is 29.6 Å². The molecule has 3 heterocycles. The zero-order chi connectivity index (χ0) is 31.1. The lowest BCUT2D eigenvalue weighted by Gasteiger charge is -2.32. The van der Waals surface area contributed by atoms with Crippen LogP contribution in [0.3, 0.4) is 0 Å². The highest BCUT2D eigenvalue weighted by molar-refractivity contribution is 5.92. The van der Waals surface area contributed by atoms with E-state index < -0.39 is 23.8 Å². The molecule has 12 heteroatoms. The van der Waals surface area contributed by atoms with Crippen molar-refractivity contribution in [2.45, 2.75) is 51.6 Å². The number of likely N-dealkylation sites (tertiary alicyclic amines) is 1. The molecule has 0 aliphatic carbocycles. The van der Waals surface area contributed by atoms with Crippen LogP contribution in [0.4, 0.5) is 13.2 Å². The Morgan fingerprint density at radius 3 is 2.48 bits per heavy atom. The monoisotopic (exact) mass is 612 g/mol. The second-order valence-corrected chi connectivity index (χ2v) is 10.6. The molecule has 2 saturated heterocycles. The number of imidazole rings is 1. The number of hydrogen-bond donors (Lipinski definition) is 2. The number of piperidine rings is 1. The fraction of sp³-hybridized carbons (Fsp3) is 0.375. The largest absolute Gasteiger partial charge is 0.490 e. The topological polar surface area (TPSA) is 112 Å². The summed E-state index contributed by atoms with van der Waals surface area (Å²) in [6, 6.07) is 15.3. The molecule has 9 nitrogen and oxygen atoms in total. The summed E-state index contributed by atoms with van der Waals surface area (Å²) in [6.45, 7) is 4.42. The van der Waals surface area contributed by atoms with Crippen LogP contribution in [0, 0.1) is 5.82 Å². The summed E-state index contributed by atoms with van der Waals surface area (Å²) in [5.41, 5.74) is 7.95. The number of carbonyl (C=O) groups is 1. The number of aromatic nitrogens is 2. The van der Waals surface area contributed by atoms with Gasteiger partial charge in [-0.3, -0.25) is 4.90 Å². The predicted octanol–water partition coefficient (Wildman–Crippen LogP) is 5.76. The van der Waals surface area contributed by atoms with Gasteiger partial charge in [0.15, 0.2) is 11.6 Å². The number of aromatic carboxylic acids is 1. The smallest absolute Gasteiger partial charge is 0.335 e. The first-order valence-corrected chi connectivity index (χ1v) is 14.5. The minimum absolute atomic E-state index is 0.0122. The number of hydrogen-bond acceptors (Lipinski definition) is 7. The number of halogens is 3. The molecule has 2 aliphatic rings. The second-order valence-electron chi connectivity index (χ2n) is 10.6. The van der Waals surface area contributed by atoms with Gasteiger partial charge in [-0.25, -0.2) is 22.9 Å². The van der Waals surface area contributed by atoms with Gasteiger partial charge in [0.1, 0.15) is 24.3 Å². The molecule has 3 aromatic carbocycles. The van der Waals surface area contributed by atoms with Crippen molar-refractivity contribution in [3.63, 3.8) is 0 Å². The first-order chi connectivity index (χ1) is 21.3.